The van der Waals surface area contributed by atoms with Gasteiger partial charge in [-0.2, -0.15) is 0 Å². The highest BCUT2D eigenvalue weighted by molar-refractivity contribution is 7.17. The molecule has 3 amide bonds. The molecule has 1 aromatic rings. The molecule has 0 aromatic carbocycles. The first-order chi connectivity index (χ1) is 9.28. The predicted octanol–water partition coefficient (Wildman–Crippen LogP) is 1.41. The zero-order valence-electron chi connectivity index (χ0n) is 11.9. The van der Waals surface area contributed by atoms with Gasteiger partial charge in [-0.3, -0.25) is 10.1 Å². The average Bonchev–Trinajstić information content (AvgIpc) is 2.63. The summed E-state index contributed by atoms with van der Waals surface area (Å²) in [6.45, 7) is 7.21. The van der Waals surface area contributed by atoms with E-state index in [2.05, 4.69) is 16.0 Å². The maximum Gasteiger partial charge on any atom is 0.320 e. The number of nitrogens with two attached hydrogens (primary N) is 1. The van der Waals surface area contributed by atoms with Crippen molar-refractivity contribution in [2.75, 3.05) is 11.9 Å². The summed E-state index contributed by atoms with van der Waals surface area (Å²) in [5, 5.41) is 9.33. The third-order valence-corrected chi connectivity index (χ3v) is 4.04. The van der Waals surface area contributed by atoms with Crippen LogP contribution in [0.3, 0.4) is 0 Å². The Bertz CT molecular complexity index is 545. The number of hydrogen-bond acceptors (Lipinski definition) is 4. The molecule has 2 heterocycles. The number of rotatable bonds is 2. The van der Waals surface area contributed by atoms with Gasteiger partial charge < -0.3 is 16.4 Å². The van der Waals surface area contributed by atoms with Gasteiger partial charge in [0, 0.05) is 17.0 Å². The van der Waals surface area contributed by atoms with Gasteiger partial charge in [0.1, 0.15) is 5.00 Å². The van der Waals surface area contributed by atoms with Crippen LogP contribution in [0.5, 0.6) is 0 Å². The number of carbonyl (C=O) groups is 2. The SMILES string of the molecule is CC(C)(C)NC(=O)Nc1sc2c(c1C(N)=O)CCNC2. The third-order valence-electron chi connectivity index (χ3n) is 2.89. The van der Waals surface area contributed by atoms with Gasteiger partial charge in [-0.25, -0.2) is 4.79 Å². The van der Waals surface area contributed by atoms with Crippen molar-refractivity contribution >= 4 is 28.3 Å². The fourth-order valence-corrected chi connectivity index (χ4v) is 3.38. The van der Waals surface area contributed by atoms with Crippen molar-refractivity contribution in [1.29, 1.82) is 0 Å². The third kappa shape index (κ3) is 3.29. The summed E-state index contributed by atoms with van der Waals surface area (Å²) >= 11 is 1.41. The van der Waals surface area contributed by atoms with Crippen molar-refractivity contribution in [3.05, 3.63) is 16.0 Å². The van der Waals surface area contributed by atoms with Crippen molar-refractivity contribution in [2.45, 2.75) is 39.3 Å². The monoisotopic (exact) mass is 296 g/mol. The number of anilines is 1. The minimum absolute atomic E-state index is 0.327. The smallest absolute Gasteiger partial charge is 0.320 e. The van der Waals surface area contributed by atoms with Crippen LogP contribution >= 0.6 is 11.3 Å². The van der Waals surface area contributed by atoms with Gasteiger partial charge in [0.15, 0.2) is 0 Å². The first-order valence-corrected chi connectivity index (χ1v) is 7.34. The summed E-state index contributed by atoms with van der Waals surface area (Å²) in [4.78, 5) is 24.7. The van der Waals surface area contributed by atoms with Crippen LogP contribution in [-0.4, -0.2) is 24.0 Å². The number of carbonyl (C=O) groups excluding carboxylic acids is 2. The van der Waals surface area contributed by atoms with E-state index < -0.39 is 5.91 Å². The van der Waals surface area contributed by atoms with Crippen molar-refractivity contribution in [3.8, 4) is 0 Å². The van der Waals surface area contributed by atoms with Gasteiger partial charge in [0.05, 0.1) is 5.56 Å². The van der Waals surface area contributed by atoms with Crippen molar-refractivity contribution in [3.63, 3.8) is 0 Å². The molecule has 0 aliphatic carbocycles. The number of amides is 3. The van der Waals surface area contributed by atoms with E-state index >= 15 is 0 Å². The maximum atomic E-state index is 11.9. The number of hydrogen-bond donors (Lipinski definition) is 4. The van der Waals surface area contributed by atoms with Crippen LogP contribution < -0.4 is 21.7 Å². The normalized spacial score (nSPS) is 14.6. The Morgan fingerprint density at radius 2 is 2.05 bits per heavy atom. The van der Waals surface area contributed by atoms with E-state index in [0.717, 1.165) is 23.4 Å². The minimum atomic E-state index is -0.490. The van der Waals surface area contributed by atoms with E-state index in [9.17, 15) is 9.59 Å². The summed E-state index contributed by atoms with van der Waals surface area (Å²) in [5.41, 5.74) is 6.54. The predicted molar refractivity (Wildman–Crippen MR) is 80.2 cm³/mol. The van der Waals surface area contributed by atoms with Crippen LogP contribution in [0.4, 0.5) is 9.80 Å². The molecule has 0 unspecified atom stereocenters. The number of primary amides is 1. The highest BCUT2D eigenvalue weighted by Crippen LogP contribution is 2.35. The zero-order valence-corrected chi connectivity index (χ0v) is 12.7. The molecule has 6 nitrogen and oxygen atoms in total. The number of thiophene rings is 1. The van der Waals surface area contributed by atoms with Gasteiger partial charge in [0.2, 0.25) is 0 Å². The minimum Gasteiger partial charge on any atom is -0.365 e. The topological polar surface area (TPSA) is 96.2 Å². The largest absolute Gasteiger partial charge is 0.365 e. The van der Waals surface area contributed by atoms with Crippen LogP contribution in [0.2, 0.25) is 0 Å². The molecule has 1 aliphatic rings. The summed E-state index contributed by atoms with van der Waals surface area (Å²) in [5.74, 6) is -0.490. The molecular weight excluding hydrogens is 276 g/mol. The molecule has 110 valence electrons. The molecule has 5 N–H and O–H groups in total. The molecule has 0 atom stereocenters. The molecule has 0 spiro atoms. The standard InChI is InChI=1S/C13H20N4O2S/c1-13(2,3)17-12(19)16-11-9(10(14)18)7-4-5-15-6-8(7)20-11/h15H,4-6H2,1-3H3,(H2,14,18)(H2,16,17,19). The molecule has 1 aromatic heterocycles. The fraction of sp³-hybridized carbons (Fsp3) is 0.538. The first kappa shape index (κ1) is 14.8. The Balaban J connectivity index is 2.25. The molecule has 7 heteroatoms. The molecule has 1 aliphatic heterocycles. The second-order valence-corrected chi connectivity index (χ2v) is 6.93. The quantitative estimate of drug-likeness (QED) is 0.664. The molecule has 0 fully saturated rings. The Labute approximate surface area is 122 Å². The fourth-order valence-electron chi connectivity index (χ4n) is 2.16. The number of urea groups is 1. The highest BCUT2D eigenvalue weighted by Gasteiger charge is 2.25. The lowest BCUT2D eigenvalue weighted by Crippen LogP contribution is -2.43. The highest BCUT2D eigenvalue weighted by atomic mass is 32.1. The van der Waals surface area contributed by atoms with Gasteiger partial charge >= 0.3 is 6.03 Å². The van der Waals surface area contributed by atoms with Crippen LogP contribution in [-0.2, 0) is 13.0 Å². The lowest BCUT2D eigenvalue weighted by molar-refractivity contribution is 0.100. The lowest BCUT2D eigenvalue weighted by Gasteiger charge is -2.20. The Hall–Kier alpha value is -1.60. The first-order valence-electron chi connectivity index (χ1n) is 6.52. The molecule has 0 bridgehead atoms. The van der Waals surface area contributed by atoms with Gasteiger partial charge in [-0.15, -0.1) is 11.3 Å². The van der Waals surface area contributed by atoms with E-state index in [-0.39, 0.29) is 11.6 Å². The van der Waals surface area contributed by atoms with E-state index in [0.29, 0.717) is 17.1 Å². The van der Waals surface area contributed by atoms with Gasteiger partial charge in [-0.05, 0) is 39.3 Å². The maximum absolute atomic E-state index is 11.9. The zero-order chi connectivity index (χ0) is 14.9. The van der Waals surface area contributed by atoms with Gasteiger partial charge in [-0.1, -0.05) is 0 Å². The van der Waals surface area contributed by atoms with Crippen molar-refractivity contribution < 1.29 is 9.59 Å². The second kappa shape index (κ2) is 5.41. The molecule has 0 saturated carbocycles. The van der Waals surface area contributed by atoms with Crippen LogP contribution in [0.25, 0.3) is 0 Å². The summed E-state index contributed by atoms with van der Waals surface area (Å²) in [7, 11) is 0. The molecular formula is C13H20N4O2S. The van der Waals surface area contributed by atoms with Crippen LogP contribution in [0.15, 0.2) is 0 Å². The van der Waals surface area contributed by atoms with E-state index in [1.807, 2.05) is 20.8 Å². The van der Waals surface area contributed by atoms with E-state index in [4.69, 9.17) is 5.73 Å². The van der Waals surface area contributed by atoms with E-state index in [1.54, 1.807) is 0 Å². The number of nitrogens with one attached hydrogen (secondary N) is 3. The Morgan fingerprint density at radius 3 is 2.65 bits per heavy atom. The van der Waals surface area contributed by atoms with Crippen molar-refractivity contribution in [1.82, 2.24) is 10.6 Å². The Kier molecular flexibility index (Phi) is 4.01. The summed E-state index contributed by atoms with van der Waals surface area (Å²) in [6, 6.07) is -0.327. The van der Waals surface area contributed by atoms with Crippen LogP contribution in [0, 0.1) is 0 Å². The lowest BCUT2D eigenvalue weighted by atomic mass is 10.0. The van der Waals surface area contributed by atoms with Crippen molar-refractivity contribution in [2.24, 2.45) is 5.73 Å². The molecule has 0 saturated heterocycles. The molecule has 20 heavy (non-hydrogen) atoms. The van der Waals surface area contributed by atoms with Crippen LogP contribution in [0.1, 0.15) is 41.6 Å². The average molecular weight is 296 g/mol. The van der Waals surface area contributed by atoms with E-state index in [1.165, 1.54) is 11.3 Å². The Morgan fingerprint density at radius 1 is 1.35 bits per heavy atom. The van der Waals surface area contributed by atoms with Gasteiger partial charge in [0.25, 0.3) is 5.91 Å². The molecule has 0 radical (unpaired) electrons. The molecule has 2 rings (SSSR count). The second-order valence-electron chi connectivity index (χ2n) is 5.83. The summed E-state index contributed by atoms with van der Waals surface area (Å²) in [6.07, 6.45) is 0.757. The number of fused-ring (bicyclic) bond motifs is 1. The summed E-state index contributed by atoms with van der Waals surface area (Å²) < 4.78 is 0.